The number of sulfone groups is 1. The lowest BCUT2D eigenvalue weighted by molar-refractivity contribution is -0.121. The first-order chi connectivity index (χ1) is 14.6. The summed E-state index contributed by atoms with van der Waals surface area (Å²) in [5.41, 5.74) is 5.36. The van der Waals surface area contributed by atoms with Crippen molar-refractivity contribution in [3.63, 3.8) is 0 Å². The Morgan fingerprint density at radius 3 is 2.42 bits per heavy atom. The average Bonchev–Trinajstić information content (AvgIpc) is 2.71. The highest BCUT2D eigenvalue weighted by Crippen LogP contribution is 2.27. The van der Waals surface area contributed by atoms with E-state index in [2.05, 4.69) is 10.1 Å². The van der Waals surface area contributed by atoms with Gasteiger partial charge in [0.15, 0.2) is 9.84 Å². The monoisotopic (exact) mass is 451 g/mol. The Morgan fingerprint density at radius 1 is 1.13 bits per heavy atom. The maximum Gasteiger partial charge on any atom is 0.387 e. The lowest BCUT2D eigenvalue weighted by atomic mass is 9.94. The Morgan fingerprint density at radius 2 is 1.77 bits per heavy atom. The smallest absolute Gasteiger partial charge is 0.387 e. The van der Waals surface area contributed by atoms with E-state index in [0.29, 0.717) is 0 Å². The van der Waals surface area contributed by atoms with Crippen LogP contribution in [0.15, 0.2) is 48.5 Å². The van der Waals surface area contributed by atoms with Crippen molar-refractivity contribution < 1.29 is 31.5 Å². The molecule has 0 bridgehead atoms. The van der Waals surface area contributed by atoms with Crippen LogP contribution in [0.5, 0.6) is 5.75 Å². The molecule has 2 rings (SSSR count). The largest absolute Gasteiger partial charge is 0.435 e. The fourth-order valence-corrected chi connectivity index (χ4v) is 4.63. The predicted molar refractivity (Wildman–Crippen MR) is 107 cm³/mol. The highest BCUT2D eigenvalue weighted by Gasteiger charge is 2.30. The molecule has 164 valence electrons. The van der Waals surface area contributed by atoms with Crippen molar-refractivity contribution in [1.29, 1.82) is 5.26 Å². The van der Waals surface area contributed by atoms with Gasteiger partial charge < -0.3 is 15.8 Å². The van der Waals surface area contributed by atoms with Gasteiger partial charge in [-0.1, -0.05) is 36.4 Å². The number of nitrogens with one attached hydrogen (secondary N) is 1. The van der Waals surface area contributed by atoms with Crippen LogP contribution in [0.1, 0.15) is 27.4 Å². The van der Waals surface area contributed by atoms with Gasteiger partial charge >= 0.3 is 6.61 Å². The number of primary amides is 1. The zero-order valence-electron chi connectivity index (χ0n) is 16.1. The molecule has 2 amide bonds. The van der Waals surface area contributed by atoms with Gasteiger partial charge in [0.1, 0.15) is 12.3 Å². The predicted octanol–water partition coefficient (Wildman–Crippen LogP) is 1.73. The molecular formula is C20H19F2N3O5S. The van der Waals surface area contributed by atoms with Crippen molar-refractivity contribution in [2.24, 2.45) is 5.73 Å². The van der Waals surface area contributed by atoms with E-state index in [1.807, 2.05) is 0 Å². The Labute approximate surface area is 177 Å². The van der Waals surface area contributed by atoms with Gasteiger partial charge in [-0.15, -0.1) is 0 Å². The van der Waals surface area contributed by atoms with E-state index in [1.54, 1.807) is 6.07 Å². The van der Waals surface area contributed by atoms with Crippen molar-refractivity contribution in [2.75, 3.05) is 12.3 Å². The fourth-order valence-electron chi connectivity index (χ4n) is 2.97. The molecule has 11 heteroatoms. The van der Waals surface area contributed by atoms with Gasteiger partial charge in [0.05, 0.1) is 23.5 Å². The Bertz CT molecular complexity index is 1100. The number of benzene rings is 2. The molecule has 3 N–H and O–H groups in total. The molecule has 0 saturated heterocycles. The maximum atomic E-state index is 12.9. The third-order valence-electron chi connectivity index (χ3n) is 4.24. The topological polar surface area (TPSA) is 139 Å². The van der Waals surface area contributed by atoms with Crippen LogP contribution in [0, 0.1) is 11.3 Å². The van der Waals surface area contributed by atoms with Crippen molar-refractivity contribution in [1.82, 2.24) is 5.32 Å². The number of hydrogen-bond donors (Lipinski definition) is 2. The second-order valence-electron chi connectivity index (χ2n) is 6.42. The Hall–Kier alpha value is -3.52. The molecule has 1 atom stereocenters. The van der Waals surface area contributed by atoms with E-state index in [0.717, 1.165) is 0 Å². The zero-order valence-corrected chi connectivity index (χ0v) is 16.9. The van der Waals surface area contributed by atoms with Crippen LogP contribution < -0.4 is 15.8 Å². The van der Waals surface area contributed by atoms with Crippen LogP contribution in [-0.2, 0) is 20.4 Å². The molecule has 2 aromatic carbocycles. The number of nitrogens with zero attached hydrogens (tertiary/aromatic N) is 1. The van der Waals surface area contributed by atoms with Crippen LogP contribution in [-0.4, -0.2) is 39.1 Å². The van der Waals surface area contributed by atoms with Crippen LogP contribution >= 0.6 is 0 Å². The average molecular weight is 451 g/mol. The van der Waals surface area contributed by atoms with Crippen LogP contribution in [0.3, 0.4) is 0 Å². The third-order valence-corrected chi connectivity index (χ3v) is 5.84. The SMILES string of the molecule is N#CCNC(=O)[C@H](CS(=O)(=O)Cc1ccccc1OC(F)F)c1ccccc1C(N)=O. The molecule has 2 aromatic rings. The summed E-state index contributed by atoms with van der Waals surface area (Å²) in [6.45, 7) is -3.52. The van der Waals surface area contributed by atoms with E-state index >= 15 is 0 Å². The Balaban J connectivity index is 2.40. The van der Waals surface area contributed by atoms with Gasteiger partial charge in [-0.25, -0.2) is 8.42 Å². The molecule has 0 heterocycles. The van der Waals surface area contributed by atoms with Gasteiger partial charge in [0.2, 0.25) is 11.8 Å². The van der Waals surface area contributed by atoms with E-state index in [-0.39, 0.29) is 29.0 Å². The second-order valence-corrected chi connectivity index (χ2v) is 8.53. The summed E-state index contributed by atoms with van der Waals surface area (Å²) in [4.78, 5) is 24.4. The molecule has 0 aliphatic carbocycles. The summed E-state index contributed by atoms with van der Waals surface area (Å²) in [7, 11) is -4.07. The minimum atomic E-state index is -4.07. The van der Waals surface area contributed by atoms with E-state index in [1.165, 1.54) is 48.5 Å². The molecular weight excluding hydrogens is 432 g/mol. The number of halogens is 2. The van der Waals surface area contributed by atoms with Crippen molar-refractivity contribution in [2.45, 2.75) is 18.3 Å². The first-order valence-corrected chi connectivity index (χ1v) is 10.7. The number of para-hydroxylation sites is 1. The quantitative estimate of drug-likeness (QED) is 0.527. The zero-order chi connectivity index (χ0) is 23.0. The van der Waals surface area contributed by atoms with Crippen LogP contribution in [0.25, 0.3) is 0 Å². The number of nitriles is 1. The number of alkyl halides is 2. The summed E-state index contributed by atoms with van der Waals surface area (Å²) < 4.78 is 55.3. The van der Waals surface area contributed by atoms with E-state index in [4.69, 9.17) is 11.0 Å². The summed E-state index contributed by atoms with van der Waals surface area (Å²) in [5, 5.41) is 11.0. The second kappa shape index (κ2) is 10.5. The van der Waals surface area contributed by atoms with Crippen LogP contribution in [0.2, 0.25) is 0 Å². The lowest BCUT2D eigenvalue weighted by Crippen LogP contribution is -2.35. The molecule has 31 heavy (non-hydrogen) atoms. The number of carbonyl (C=O) groups excluding carboxylic acids is 2. The van der Waals surface area contributed by atoms with Gasteiger partial charge in [0.25, 0.3) is 0 Å². The number of rotatable bonds is 10. The standard InChI is InChI=1S/C20H19F2N3O5S/c21-20(22)30-17-8-4-1-5-13(17)11-31(28,29)12-16(19(27)25-10-9-23)14-6-2-3-7-15(14)18(24)26/h1-8,16,20H,10-12H2,(H2,24,26)(H,25,27)/t16-/m1/s1. The molecule has 0 spiro atoms. The number of nitrogens with two attached hydrogens (primary N) is 1. The molecule has 0 fully saturated rings. The van der Waals surface area contributed by atoms with E-state index in [9.17, 15) is 26.8 Å². The van der Waals surface area contributed by atoms with Gasteiger partial charge in [0, 0.05) is 11.1 Å². The molecule has 0 saturated carbocycles. The Kier molecular flexibility index (Phi) is 8.04. The summed E-state index contributed by atoms with van der Waals surface area (Å²) in [6.07, 6.45) is 0. The number of amides is 2. The molecule has 8 nitrogen and oxygen atoms in total. The number of carbonyl (C=O) groups is 2. The summed E-state index contributed by atoms with van der Waals surface area (Å²) >= 11 is 0. The van der Waals surface area contributed by atoms with Gasteiger partial charge in [-0.3, -0.25) is 9.59 Å². The minimum absolute atomic E-state index is 0.0119. The molecule has 0 aromatic heterocycles. The minimum Gasteiger partial charge on any atom is -0.435 e. The van der Waals surface area contributed by atoms with Crippen molar-refractivity contribution >= 4 is 21.7 Å². The molecule has 0 radical (unpaired) electrons. The molecule has 0 unspecified atom stereocenters. The first-order valence-electron chi connectivity index (χ1n) is 8.91. The summed E-state index contributed by atoms with van der Waals surface area (Å²) in [6, 6.07) is 12.8. The maximum absolute atomic E-state index is 12.9. The van der Waals surface area contributed by atoms with Crippen molar-refractivity contribution in [3.8, 4) is 11.8 Å². The summed E-state index contributed by atoms with van der Waals surface area (Å²) in [5.74, 6) is -4.75. The number of hydrogen-bond acceptors (Lipinski definition) is 6. The highest BCUT2D eigenvalue weighted by molar-refractivity contribution is 7.90. The highest BCUT2D eigenvalue weighted by atomic mass is 32.2. The van der Waals surface area contributed by atoms with Crippen LogP contribution in [0.4, 0.5) is 8.78 Å². The van der Waals surface area contributed by atoms with Crippen molar-refractivity contribution in [3.05, 3.63) is 65.2 Å². The van der Waals surface area contributed by atoms with E-state index < -0.39 is 45.7 Å². The van der Waals surface area contributed by atoms with Gasteiger partial charge in [-0.2, -0.15) is 14.0 Å². The number of ether oxygens (including phenoxy) is 1. The molecule has 0 aliphatic heterocycles. The van der Waals surface area contributed by atoms with Gasteiger partial charge in [-0.05, 0) is 17.7 Å². The first kappa shape index (κ1) is 23.8. The lowest BCUT2D eigenvalue weighted by Gasteiger charge is -2.19. The fraction of sp³-hybridized carbons (Fsp3) is 0.250. The normalized spacial score (nSPS) is 12.1. The third kappa shape index (κ3) is 6.75. The molecule has 0 aliphatic rings.